The Morgan fingerprint density at radius 2 is 1.95 bits per heavy atom. The van der Waals surface area contributed by atoms with Crippen molar-refractivity contribution < 1.29 is 8.42 Å². The van der Waals surface area contributed by atoms with Crippen molar-refractivity contribution in [3.63, 3.8) is 0 Å². The van der Waals surface area contributed by atoms with Crippen LogP contribution in [0, 0.1) is 0 Å². The van der Waals surface area contributed by atoms with Crippen LogP contribution in [0.2, 0.25) is 0 Å². The van der Waals surface area contributed by atoms with Crippen LogP contribution in [0.1, 0.15) is 13.3 Å². The molecule has 0 atom stereocenters. The van der Waals surface area contributed by atoms with Gasteiger partial charge >= 0.3 is 0 Å². The Kier molecular flexibility index (Phi) is 9.39. The summed E-state index contributed by atoms with van der Waals surface area (Å²) in [5, 5.41) is 2.79. The first kappa shape index (κ1) is 19.7. The maximum Gasteiger partial charge on any atom is 0.188 e. The first-order valence-electron chi connectivity index (χ1n) is 5.98. The third-order valence-corrected chi connectivity index (χ3v) is 4.62. The van der Waals surface area contributed by atoms with E-state index in [1.165, 1.54) is 0 Å². The second-order valence-corrected chi connectivity index (χ2v) is 6.99. The molecule has 0 fully saturated rings. The van der Waals surface area contributed by atoms with Crippen LogP contribution in [-0.4, -0.2) is 33.2 Å². The van der Waals surface area contributed by atoms with Gasteiger partial charge < -0.3 is 11.1 Å². The highest BCUT2D eigenvalue weighted by atomic mass is 127. The SMILES string of the molecule is CCCN=C(N)NCCS(=O)(=O)c1ccc(Br)cc1.I. The van der Waals surface area contributed by atoms with Crippen molar-refractivity contribution in [3.8, 4) is 0 Å². The molecule has 0 spiro atoms. The van der Waals surface area contributed by atoms with Gasteiger partial charge in [-0.15, -0.1) is 24.0 Å². The molecule has 0 aromatic heterocycles. The Hall–Kier alpha value is -0.350. The van der Waals surface area contributed by atoms with Crippen LogP contribution in [0.5, 0.6) is 0 Å². The molecule has 0 amide bonds. The number of sulfone groups is 1. The number of hydrogen-bond acceptors (Lipinski definition) is 3. The van der Waals surface area contributed by atoms with Gasteiger partial charge in [0.15, 0.2) is 15.8 Å². The van der Waals surface area contributed by atoms with Gasteiger partial charge in [0.25, 0.3) is 0 Å². The second-order valence-electron chi connectivity index (χ2n) is 3.97. The normalized spacial score (nSPS) is 11.8. The molecule has 1 aromatic rings. The molecule has 0 heterocycles. The quantitative estimate of drug-likeness (QED) is 0.375. The first-order valence-corrected chi connectivity index (χ1v) is 8.42. The standard InChI is InChI=1S/C12H18BrN3O2S.HI/c1-2-7-15-12(14)16-8-9-19(17,18)11-5-3-10(13)4-6-11;/h3-6H,2,7-9H2,1H3,(H3,14,15,16);1H. The minimum Gasteiger partial charge on any atom is -0.370 e. The Bertz CT molecular complexity index is 532. The van der Waals surface area contributed by atoms with Crippen LogP contribution in [-0.2, 0) is 9.84 Å². The minimum atomic E-state index is -3.29. The Labute approximate surface area is 145 Å². The van der Waals surface area contributed by atoms with Gasteiger partial charge in [0.05, 0.1) is 10.6 Å². The zero-order valence-electron chi connectivity index (χ0n) is 11.2. The third-order valence-electron chi connectivity index (χ3n) is 2.36. The number of hydrogen-bond donors (Lipinski definition) is 2. The van der Waals surface area contributed by atoms with E-state index in [0.29, 0.717) is 11.4 Å². The average Bonchev–Trinajstić information content (AvgIpc) is 2.36. The molecular formula is C12H19BrIN3O2S. The monoisotopic (exact) mass is 475 g/mol. The number of rotatable bonds is 6. The fourth-order valence-corrected chi connectivity index (χ4v) is 2.78. The van der Waals surface area contributed by atoms with Crippen molar-refractivity contribution in [3.05, 3.63) is 28.7 Å². The summed E-state index contributed by atoms with van der Waals surface area (Å²) in [6.45, 7) is 2.88. The number of nitrogens with one attached hydrogen (secondary N) is 1. The largest absolute Gasteiger partial charge is 0.370 e. The summed E-state index contributed by atoms with van der Waals surface area (Å²) in [5.74, 6) is 0.268. The van der Waals surface area contributed by atoms with Gasteiger partial charge in [0.1, 0.15) is 0 Å². The number of aliphatic imine (C=N–C) groups is 1. The molecule has 20 heavy (non-hydrogen) atoms. The van der Waals surface area contributed by atoms with Gasteiger partial charge in [-0.05, 0) is 30.7 Å². The Morgan fingerprint density at radius 3 is 2.50 bits per heavy atom. The summed E-state index contributed by atoms with van der Waals surface area (Å²) < 4.78 is 24.9. The molecule has 0 saturated carbocycles. The fraction of sp³-hybridized carbons (Fsp3) is 0.417. The molecule has 0 aliphatic heterocycles. The third kappa shape index (κ3) is 6.89. The lowest BCUT2D eigenvalue weighted by molar-refractivity contribution is 0.594. The number of benzene rings is 1. The number of nitrogens with two attached hydrogens (primary N) is 1. The van der Waals surface area contributed by atoms with Crippen LogP contribution >= 0.6 is 39.9 Å². The van der Waals surface area contributed by atoms with E-state index >= 15 is 0 Å². The van der Waals surface area contributed by atoms with Crippen LogP contribution < -0.4 is 11.1 Å². The predicted molar refractivity (Wildman–Crippen MR) is 96.4 cm³/mol. The zero-order chi connectivity index (χ0) is 14.3. The second kappa shape index (κ2) is 9.56. The summed E-state index contributed by atoms with van der Waals surface area (Å²) in [4.78, 5) is 4.34. The van der Waals surface area contributed by atoms with E-state index in [9.17, 15) is 8.42 Å². The van der Waals surface area contributed by atoms with Gasteiger partial charge in [-0.25, -0.2) is 8.42 Å². The van der Waals surface area contributed by atoms with Gasteiger partial charge in [-0.3, -0.25) is 4.99 Å². The summed E-state index contributed by atoms with van der Waals surface area (Å²) in [5.41, 5.74) is 5.59. The lowest BCUT2D eigenvalue weighted by Gasteiger charge is -2.07. The molecule has 1 rings (SSSR count). The fourth-order valence-electron chi connectivity index (χ4n) is 1.36. The molecule has 1 aromatic carbocycles. The van der Waals surface area contributed by atoms with E-state index < -0.39 is 9.84 Å². The summed E-state index contributed by atoms with van der Waals surface area (Å²) in [6.07, 6.45) is 0.902. The molecule has 0 unspecified atom stereocenters. The summed E-state index contributed by atoms with van der Waals surface area (Å²) >= 11 is 3.27. The average molecular weight is 476 g/mol. The van der Waals surface area contributed by atoms with Crippen molar-refractivity contribution in [2.45, 2.75) is 18.2 Å². The van der Waals surface area contributed by atoms with Gasteiger partial charge in [-0.1, -0.05) is 22.9 Å². The van der Waals surface area contributed by atoms with E-state index in [1.54, 1.807) is 24.3 Å². The van der Waals surface area contributed by atoms with Crippen molar-refractivity contribution in [1.29, 1.82) is 0 Å². The molecule has 8 heteroatoms. The molecule has 0 saturated heterocycles. The van der Waals surface area contributed by atoms with Crippen LogP contribution in [0.3, 0.4) is 0 Å². The van der Waals surface area contributed by atoms with E-state index in [2.05, 4.69) is 26.2 Å². The van der Waals surface area contributed by atoms with E-state index in [1.807, 2.05) is 6.92 Å². The molecule has 0 radical (unpaired) electrons. The van der Waals surface area contributed by atoms with E-state index in [-0.39, 0.29) is 42.2 Å². The Balaban J connectivity index is 0.00000361. The maximum atomic E-state index is 12.0. The van der Waals surface area contributed by atoms with Crippen LogP contribution in [0.15, 0.2) is 38.6 Å². The van der Waals surface area contributed by atoms with Crippen LogP contribution in [0.25, 0.3) is 0 Å². The van der Waals surface area contributed by atoms with E-state index in [4.69, 9.17) is 5.73 Å². The lowest BCUT2D eigenvalue weighted by atomic mass is 10.4. The van der Waals surface area contributed by atoms with E-state index in [0.717, 1.165) is 10.9 Å². The molecule has 5 nitrogen and oxygen atoms in total. The number of halogens is 2. The minimum absolute atomic E-state index is 0. The molecule has 0 aliphatic rings. The van der Waals surface area contributed by atoms with Crippen molar-refractivity contribution in [2.24, 2.45) is 10.7 Å². The van der Waals surface area contributed by atoms with Gasteiger partial charge in [0.2, 0.25) is 0 Å². The first-order chi connectivity index (χ1) is 8.95. The molecule has 0 aliphatic carbocycles. The van der Waals surface area contributed by atoms with Gasteiger partial charge in [0, 0.05) is 17.6 Å². The maximum absolute atomic E-state index is 12.0. The highest BCUT2D eigenvalue weighted by Crippen LogP contribution is 2.15. The topological polar surface area (TPSA) is 84.5 Å². The Morgan fingerprint density at radius 1 is 1.35 bits per heavy atom. The molecule has 3 N–H and O–H groups in total. The molecular weight excluding hydrogens is 457 g/mol. The zero-order valence-corrected chi connectivity index (χ0v) is 15.9. The molecule has 0 bridgehead atoms. The molecule has 114 valence electrons. The van der Waals surface area contributed by atoms with Gasteiger partial charge in [-0.2, -0.15) is 0 Å². The smallest absolute Gasteiger partial charge is 0.188 e. The lowest BCUT2D eigenvalue weighted by Crippen LogP contribution is -2.35. The number of guanidine groups is 1. The van der Waals surface area contributed by atoms with Crippen LogP contribution in [0.4, 0.5) is 0 Å². The number of nitrogens with zero attached hydrogens (tertiary/aromatic N) is 1. The summed E-state index contributed by atoms with van der Waals surface area (Å²) in [6, 6.07) is 6.57. The van der Waals surface area contributed by atoms with Crippen molar-refractivity contribution >= 4 is 55.7 Å². The highest BCUT2D eigenvalue weighted by molar-refractivity contribution is 14.0. The van der Waals surface area contributed by atoms with Crippen molar-refractivity contribution in [1.82, 2.24) is 5.32 Å². The summed E-state index contributed by atoms with van der Waals surface area (Å²) in [7, 11) is -3.29. The van der Waals surface area contributed by atoms with Crippen molar-refractivity contribution in [2.75, 3.05) is 18.8 Å². The predicted octanol–water partition coefficient (Wildman–Crippen LogP) is 2.16. The highest BCUT2D eigenvalue weighted by Gasteiger charge is 2.13.